The van der Waals surface area contributed by atoms with Gasteiger partial charge < -0.3 is 9.67 Å². The number of aryl methyl sites for hydroxylation is 2. The summed E-state index contributed by atoms with van der Waals surface area (Å²) in [4.78, 5) is 6.90. The summed E-state index contributed by atoms with van der Waals surface area (Å²) < 4.78 is 2.18. The van der Waals surface area contributed by atoms with E-state index in [0.29, 0.717) is 6.42 Å². The van der Waals surface area contributed by atoms with Crippen molar-refractivity contribution in [3.63, 3.8) is 0 Å². The van der Waals surface area contributed by atoms with E-state index in [1.807, 2.05) is 30.3 Å². The van der Waals surface area contributed by atoms with Crippen molar-refractivity contribution in [1.82, 2.24) is 9.55 Å². The lowest BCUT2D eigenvalue weighted by Crippen LogP contribution is -2.07. The summed E-state index contributed by atoms with van der Waals surface area (Å²) in [6.45, 7) is 5.04. The summed E-state index contributed by atoms with van der Waals surface area (Å²) in [7, 11) is 0. The van der Waals surface area contributed by atoms with E-state index in [1.54, 1.807) is 11.3 Å². The first-order chi connectivity index (χ1) is 9.69. The van der Waals surface area contributed by atoms with Gasteiger partial charge in [-0.05, 0) is 38.1 Å². The highest BCUT2D eigenvalue weighted by Gasteiger charge is 2.16. The van der Waals surface area contributed by atoms with Gasteiger partial charge in [0.05, 0.1) is 17.1 Å². The molecule has 20 heavy (non-hydrogen) atoms. The Bertz CT molecular complexity index is 729. The van der Waals surface area contributed by atoms with Gasteiger partial charge >= 0.3 is 0 Å². The number of thiophene rings is 1. The second-order valence-corrected chi connectivity index (χ2v) is 6.25. The van der Waals surface area contributed by atoms with E-state index in [4.69, 9.17) is 0 Å². The lowest BCUT2D eigenvalue weighted by Gasteiger charge is -2.10. The first-order valence-electron chi connectivity index (χ1n) is 6.87. The molecule has 0 spiro atoms. The Labute approximate surface area is 122 Å². The topological polar surface area (TPSA) is 38.0 Å². The lowest BCUT2D eigenvalue weighted by atomic mass is 10.2. The molecule has 3 rings (SSSR count). The number of fused-ring (bicyclic) bond motifs is 1. The van der Waals surface area contributed by atoms with E-state index in [-0.39, 0.29) is 0 Å². The van der Waals surface area contributed by atoms with Crippen molar-refractivity contribution in [3.05, 3.63) is 52.0 Å². The van der Waals surface area contributed by atoms with Gasteiger partial charge in [0.2, 0.25) is 0 Å². The summed E-state index contributed by atoms with van der Waals surface area (Å²) >= 11 is 1.65. The fourth-order valence-electron chi connectivity index (χ4n) is 2.54. The van der Waals surface area contributed by atoms with E-state index in [9.17, 15) is 5.11 Å². The first-order valence-corrected chi connectivity index (χ1v) is 7.69. The number of aliphatic hydroxyl groups is 1. The van der Waals surface area contributed by atoms with Crippen LogP contribution in [0.15, 0.2) is 36.4 Å². The van der Waals surface area contributed by atoms with Crippen LogP contribution in [0.3, 0.4) is 0 Å². The van der Waals surface area contributed by atoms with Crippen LogP contribution < -0.4 is 0 Å². The predicted molar refractivity (Wildman–Crippen MR) is 83.1 cm³/mol. The minimum absolute atomic E-state index is 0.476. The average molecular weight is 286 g/mol. The molecular formula is C16H18N2OS. The monoisotopic (exact) mass is 286 g/mol. The van der Waals surface area contributed by atoms with Crippen LogP contribution in [0.2, 0.25) is 0 Å². The zero-order valence-electron chi connectivity index (χ0n) is 11.7. The van der Waals surface area contributed by atoms with Gasteiger partial charge in [-0.3, -0.25) is 0 Å². The molecule has 0 fully saturated rings. The van der Waals surface area contributed by atoms with Crippen molar-refractivity contribution in [3.8, 4) is 0 Å². The number of rotatable bonds is 4. The molecule has 2 aromatic heterocycles. The number of benzene rings is 1. The summed E-state index contributed by atoms with van der Waals surface area (Å²) in [6.07, 6.45) is 0.0819. The van der Waals surface area contributed by atoms with E-state index < -0.39 is 6.10 Å². The van der Waals surface area contributed by atoms with Crippen LogP contribution in [0.25, 0.3) is 11.0 Å². The number of hydrogen-bond acceptors (Lipinski definition) is 3. The molecule has 104 valence electrons. The highest BCUT2D eigenvalue weighted by molar-refractivity contribution is 7.12. The lowest BCUT2D eigenvalue weighted by molar-refractivity contribution is 0.178. The minimum atomic E-state index is -0.476. The van der Waals surface area contributed by atoms with Crippen molar-refractivity contribution < 1.29 is 5.11 Å². The molecule has 4 heteroatoms. The summed E-state index contributed by atoms with van der Waals surface area (Å²) in [5.41, 5.74) is 2.14. The standard InChI is InChI=1S/C16H18N2OS/c1-3-18-13-7-5-4-6-12(13)17-16(18)10-14(19)15-9-8-11(2)20-15/h4-9,14,19H,3,10H2,1-2H3. The predicted octanol–water partition coefficient (Wildman–Crippen LogP) is 3.70. The van der Waals surface area contributed by atoms with Crippen molar-refractivity contribution >= 4 is 22.4 Å². The molecule has 0 aliphatic carbocycles. The normalized spacial score (nSPS) is 12.9. The second kappa shape index (κ2) is 5.38. The Morgan fingerprint density at radius 1 is 1.25 bits per heavy atom. The number of hydrogen-bond donors (Lipinski definition) is 1. The molecule has 0 saturated heterocycles. The van der Waals surface area contributed by atoms with Gasteiger partial charge in [-0.2, -0.15) is 0 Å². The molecule has 1 atom stereocenters. The fourth-order valence-corrected chi connectivity index (χ4v) is 3.40. The van der Waals surface area contributed by atoms with Gasteiger partial charge in [-0.25, -0.2) is 4.98 Å². The highest BCUT2D eigenvalue weighted by Crippen LogP contribution is 2.26. The van der Waals surface area contributed by atoms with E-state index in [0.717, 1.165) is 28.3 Å². The molecule has 0 bridgehead atoms. The average Bonchev–Trinajstić information content (AvgIpc) is 3.01. The van der Waals surface area contributed by atoms with E-state index in [2.05, 4.69) is 29.5 Å². The Morgan fingerprint density at radius 2 is 2.05 bits per heavy atom. The molecule has 0 aliphatic heterocycles. The molecule has 1 unspecified atom stereocenters. The van der Waals surface area contributed by atoms with E-state index in [1.165, 1.54) is 4.88 Å². The number of para-hydroxylation sites is 2. The van der Waals surface area contributed by atoms with Crippen molar-refractivity contribution in [1.29, 1.82) is 0 Å². The van der Waals surface area contributed by atoms with Gasteiger partial charge in [0.1, 0.15) is 5.82 Å². The molecule has 0 saturated carbocycles. The van der Waals surface area contributed by atoms with Crippen LogP contribution in [0.5, 0.6) is 0 Å². The fraction of sp³-hybridized carbons (Fsp3) is 0.312. The molecule has 3 nitrogen and oxygen atoms in total. The molecule has 0 aliphatic rings. The van der Waals surface area contributed by atoms with Gasteiger partial charge in [0.15, 0.2) is 0 Å². The van der Waals surface area contributed by atoms with Crippen LogP contribution in [-0.2, 0) is 13.0 Å². The molecule has 0 radical (unpaired) electrons. The van der Waals surface area contributed by atoms with Gasteiger partial charge in [0, 0.05) is 22.7 Å². The van der Waals surface area contributed by atoms with Crippen LogP contribution in [0.1, 0.15) is 28.6 Å². The zero-order chi connectivity index (χ0) is 14.1. The number of aromatic nitrogens is 2. The van der Waals surface area contributed by atoms with Crippen molar-refractivity contribution in [2.75, 3.05) is 0 Å². The summed E-state index contributed by atoms with van der Waals surface area (Å²) in [5.74, 6) is 0.951. The maximum atomic E-state index is 10.4. The highest BCUT2D eigenvalue weighted by atomic mass is 32.1. The number of aliphatic hydroxyl groups excluding tert-OH is 1. The molecule has 3 aromatic rings. The SMILES string of the molecule is CCn1c(CC(O)c2ccc(C)s2)nc2ccccc21. The third-order valence-corrected chi connectivity index (χ3v) is 4.62. The second-order valence-electron chi connectivity index (χ2n) is 4.93. The quantitative estimate of drug-likeness (QED) is 0.794. The van der Waals surface area contributed by atoms with E-state index >= 15 is 0 Å². The van der Waals surface area contributed by atoms with Crippen molar-refractivity contribution in [2.45, 2.75) is 32.9 Å². The van der Waals surface area contributed by atoms with Crippen LogP contribution in [-0.4, -0.2) is 14.7 Å². The number of imidazole rings is 1. The molecule has 2 heterocycles. The molecule has 1 N–H and O–H groups in total. The van der Waals surface area contributed by atoms with Crippen molar-refractivity contribution in [2.24, 2.45) is 0 Å². The maximum absolute atomic E-state index is 10.4. The van der Waals surface area contributed by atoms with Gasteiger partial charge in [-0.15, -0.1) is 11.3 Å². The Balaban J connectivity index is 1.94. The molecule has 1 aromatic carbocycles. The third kappa shape index (κ3) is 2.37. The van der Waals surface area contributed by atoms with Gasteiger partial charge in [-0.1, -0.05) is 12.1 Å². The third-order valence-electron chi connectivity index (χ3n) is 3.52. The molecular weight excluding hydrogens is 268 g/mol. The summed E-state index contributed by atoms with van der Waals surface area (Å²) in [6, 6.07) is 12.2. The van der Waals surface area contributed by atoms with Crippen LogP contribution >= 0.6 is 11.3 Å². The first kappa shape index (κ1) is 13.3. The zero-order valence-corrected chi connectivity index (χ0v) is 12.5. The largest absolute Gasteiger partial charge is 0.387 e. The van der Waals surface area contributed by atoms with Crippen LogP contribution in [0, 0.1) is 6.92 Å². The van der Waals surface area contributed by atoms with Crippen LogP contribution in [0.4, 0.5) is 0 Å². The number of nitrogens with zero attached hydrogens (tertiary/aromatic N) is 2. The summed E-state index contributed by atoms with van der Waals surface area (Å²) in [5, 5.41) is 10.4. The minimum Gasteiger partial charge on any atom is -0.387 e. The van der Waals surface area contributed by atoms with Gasteiger partial charge in [0.25, 0.3) is 0 Å². The maximum Gasteiger partial charge on any atom is 0.112 e. The smallest absolute Gasteiger partial charge is 0.112 e. The molecule has 0 amide bonds. The Kier molecular flexibility index (Phi) is 3.59. The Morgan fingerprint density at radius 3 is 2.75 bits per heavy atom. The Hall–Kier alpha value is -1.65.